The highest BCUT2D eigenvalue weighted by molar-refractivity contribution is 6.02. The predicted octanol–water partition coefficient (Wildman–Crippen LogP) is 3.64. The highest BCUT2D eigenvalue weighted by atomic mass is 19.1. The maximum absolute atomic E-state index is 13.5. The Hall–Kier alpha value is -3.09. The molecule has 0 unspecified atom stereocenters. The molecule has 25 heavy (non-hydrogen) atoms. The van der Waals surface area contributed by atoms with Gasteiger partial charge in [0.25, 0.3) is 0 Å². The summed E-state index contributed by atoms with van der Waals surface area (Å²) in [5.74, 6) is -0.838. The van der Waals surface area contributed by atoms with Crippen LogP contribution in [0.5, 0.6) is 17.2 Å². The average molecular weight is 349 g/mol. The maximum Gasteiger partial charge on any atom is 0.248 e. The first-order valence-electron chi connectivity index (χ1n) is 7.22. The monoisotopic (exact) mass is 349 g/mol. The molecule has 1 N–H and O–H groups in total. The van der Waals surface area contributed by atoms with E-state index in [4.69, 9.17) is 14.2 Å². The van der Waals surface area contributed by atoms with Gasteiger partial charge in [0, 0.05) is 12.1 Å². The summed E-state index contributed by atoms with van der Waals surface area (Å²) in [5, 5.41) is 2.33. The van der Waals surface area contributed by atoms with E-state index >= 15 is 0 Å². The highest BCUT2D eigenvalue weighted by Crippen LogP contribution is 2.38. The molecule has 0 heterocycles. The minimum Gasteiger partial charge on any atom is -0.493 e. The maximum atomic E-state index is 13.5. The molecule has 0 aliphatic rings. The van der Waals surface area contributed by atoms with Crippen molar-refractivity contribution in [3.8, 4) is 17.2 Å². The van der Waals surface area contributed by atoms with E-state index in [1.165, 1.54) is 33.5 Å². The zero-order valence-electron chi connectivity index (χ0n) is 13.9. The van der Waals surface area contributed by atoms with Crippen LogP contribution >= 0.6 is 0 Å². The lowest BCUT2D eigenvalue weighted by molar-refractivity contribution is -0.111. The summed E-state index contributed by atoms with van der Waals surface area (Å²) in [7, 11) is 4.45. The topological polar surface area (TPSA) is 56.8 Å². The SMILES string of the molecule is COc1cc(/C=C/C(=O)Nc2ccc(F)cc2F)cc(OC)c1OC. The number of halogens is 2. The van der Waals surface area contributed by atoms with E-state index < -0.39 is 17.5 Å². The van der Waals surface area contributed by atoms with Crippen LogP contribution in [0.3, 0.4) is 0 Å². The second-order valence-electron chi connectivity index (χ2n) is 4.91. The molecule has 0 aliphatic heterocycles. The van der Waals surface area contributed by atoms with Gasteiger partial charge in [-0.25, -0.2) is 8.78 Å². The first kappa shape index (κ1) is 18.3. The van der Waals surface area contributed by atoms with Crippen molar-refractivity contribution < 1.29 is 27.8 Å². The van der Waals surface area contributed by atoms with Gasteiger partial charge in [-0.2, -0.15) is 0 Å². The first-order chi connectivity index (χ1) is 12.0. The van der Waals surface area contributed by atoms with Gasteiger partial charge in [-0.15, -0.1) is 0 Å². The molecule has 0 aliphatic carbocycles. The van der Waals surface area contributed by atoms with Crippen LogP contribution in [0.25, 0.3) is 6.08 Å². The van der Waals surface area contributed by atoms with Crippen LogP contribution in [-0.4, -0.2) is 27.2 Å². The quantitative estimate of drug-likeness (QED) is 0.809. The molecule has 2 rings (SSSR count). The van der Waals surface area contributed by atoms with Crippen molar-refractivity contribution in [1.82, 2.24) is 0 Å². The molecule has 2 aromatic rings. The van der Waals surface area contributed by atoms with E-state index in [-0.39, 0.29) is 5.69 Å². The van der Waals surface area contributed by atoms with Gasteiger partial charge in [-0.1, -0.05) is 0 Å². The third kappa shape index (κ3) is 4.47. The number of hydrogen-bond donors (Lipinski definition) is 1. The molecule has 2 aromatic carbocycles. The first-order valence-corrected chi connectivity index (χ1v) is 7.22. The van der Waals surface area contributed by atoms with Crippen LogP contribution in [0, 0.1) is 11.6 Å². The molecule has 1 amide bonds. The molecule has 0 radical (unpaired) electrons. The summed E-state index contributed by atoms with van der Waals surface area (Å²) < 4.78 is 42.1. The third-order valence-corrected chi connectivity index (χ3v) is 3.30. The molecule has 0 saturated carbocycles. The molecular weight excluding hydrogens is 332 g/mol. The van der Waals surface area contributed by atoms with Crippen LogP contribution in [0.4, 0.5) is 14.5 Å². The predicted molar refractivity (Wildman–Crippen MR) is 90.1 cm³/mol. The zero-order valence-corrected chi connectivity index (χ0v) is 13.9. The Morgan fingerprint density at radius 1 is 1.00 bits per heavy atom. The lowest BCUT2D eigenvalue weighted by Crippen LogP contribution is -2.09. The van der Waals surface area contributed by atoms with Gasteiger partial charge in [0.1, 0.15) is 11.6 Å². The van der Waals surface area contributed by atoms with Gasteiger partial charge in [-0.3, -0.25) is 4.79 Å². The smallest absolute Gasteiger partial charge is 0.248 e. The number of methoxy groups -OCH3 is 3. The third-order valence-electron chi connectivity index (χ3n) is 3.30. The molecule has 5 nitrogen and oxygen atoms in total. The second kappa shape index (κ2) is 8.14. The summed E-state index contributed by atoms with van der Waals surface area (Å²) in [4.78, 5) is 11.9. The Morgan fingerprint density at radius 3 is 2.16 bits per heavy atom. The van der Waals surface area contributed by atoms with Crippen molar-refractivity contribution in [2.75, 3.05) is 26.6 Å². The molecule has 7 heteroatoms. The number of rotatable bonds is 6. The van der Waals surface area contributed by atoms with Gasteiger partial charge < -0.3 is 19.5 Å². The number of carbonyl (C=O) groups excluding carboxylic acids is 1. The van der Waals surface area contributed by atoms with E-state index in [0.29, 0.717) is 28.9 Å². The summed E-state index contributed by atoms with van der Waals surface area (Å²) in [6.07, 6.45) is 2.71. The summed E-state index contributed by atoms with van der Waals surface area (Å²) in [6.45, 7) is 0. The van der Waals surface area contributed by atoms with Crippen molar-refractivity contribution in [3.05, 3.63) is 53.6 Å². The van der Waals surface area contributed by atoms with Crippen molar-refractivity contribution in [2.45, 2.75) is 0 Å². The van der Waals surface area contributed by atoms with Crippen LogP contribution in [0.1, 0.15) is 5.56 Å². The van der Waals surface area contributed by atoms with Gasteiger partial charge in [-0.05, 0) is 35.9 Å². The number of ether oxygens (including phenoxy) is 3. The van der Waals surface area contributed by atoms with Gasteiger partial charge in [0.15, 0.2) is 11.5 Å². The van der Waals surface area contributed by atoms with Gasteiger partial charge >= 0.3 is 0 Å². The Labute approximate surface area is 143 Å². The van der Waals surface area contributed by atoms with Crippen molar-refractivity contribution in [2.24, 2.45) is 0 Å². The Balaban J connectivity index is 2.19. The fourth-order valence-electron chi connectivity index (χ4n) is 2.13. The van der Waals surface area contributed by atoms with Crippen LogP contribution < -0.4 is 19.5 Å². The number of benzene rings is 2. The van der Waals surface area contributed by atoms with E-state index in [1.54, 1.807) is 12.1 Å². The van der Waals surface area contributed by atoms with Gasteiger partial charge in [0.2, 0.25) is 11.7 Å². The van der Waals surface area contributed by atoms with Crippen molar-refractivity contribution in [3.63, 3.8) is 0 Å². The lowest BCUT2D eigenvalue weighted by Gasteiger charge is -2.12. The minimum absolute atomic E-state index is 0.110. The highest BCUT2D eigenvalue weighted by Gasteiger charge is 2.12. The van der Waals surface area contributed by atoms with Crippen LogP contribution in [0.2, 0.25) is 0 Å². The zero-order chi connectivity index (χ0) is 18.4. The van der Waals surface area contributed by atoms with E-state index in [2.05, 4.69) is 5.32 Å². The number of carbonyl (C=O) groups is 1. The molecule has 0 spiro atoms. The van der Waals surface area contributed by atoms with Gasteiger partial charge in [0.05, 0.1) is 27.0 Å². The van der Waals surface area contributed by atoms with E-state index in [9.17, 15) is 13.6 Å². The van der Waals surface area contributed by atoms with E-state index in [1.807, 2.05) is 0 Å². The number of anilines is 1. The van der Waals surface area contributed by atoms with Crippen molar-refractivity contribution in [1.29, 1.82) is 0 Å². The normalized spacial score (nSPS) is 10.6. The average Bonchev–Trinajstić information content (AvgIpc) is 2.61. The summed E-state index contributed by atoms with van der Waals surface area (Å²) >= 11 is 0. The second-order valence-corrected chi connectivity index (χ2v) is 4.91. The largest absolute Gasteiger partial charge is 0.493 e. The number of nitrogens with one attached hydrogen (secondary N) is 1. The van der Waals surface area contributed by atoms with E-state index in [0.717, 1.165) is 12.1 Å². The lowest BCUT2D eigenvalue weighted by atomic mass is 10.1. The molecule has 0 atom stereocenters. The minimum atomic E-state index is -0.852. The standard InChI is InChI=1S/C18H17F2NO4/c1-23-15-8-11(9-16(24-2)18(15)25-3)4-7-17(22)21-14-6-5-12(19)10-13(14)20/h4-10H,1-3H3,(H,21,22)/b7-4+. The molecular formula is C18H17F2NO4. The molecule has 0 aromatic heterocycles. The molecule has 132 valence electrons. The fraction of sp³-hybridized carbons (Fsp3) is 0.167. The van der Waals surface area contributed by atoms with Crippen molar-refractivity contribution >= 4 is 17.7 Å². The summed E-state index contributed by atoms with van der Waals surface area (Å²) in [5.41, 5.74) is 0.505. The molecule has 0 bridgehead atoms. The number of amides is 1. The Morgan fingerprint density at radius 2 is 1.64 bits per heavy atom. The number of hydrogen-bond acceptors (Lipinski definition) is 4. The summed E-state index contributed by atoms with van der Waals surface area (Å²) in [6, 6.07) is 6.21. The Kier molecular flexibility index (Phi) is 5.94. The molecule has 0 saturated heterocycles. The Bertz CT molecular complexity index is 781. The molecule has 0 fully saturated rings. The van der Waals surface area contributed by atoms with Crippen LogP contribution in [0.15, 0.2) is 36.4 Å². The van der Waals surface area contributed by atoms with Crippen LogP contribution in [-0.2, 0) is 4.79 Å². The fourth-order valence-corrected chi connectivity index (χ4v) is 2.13.